The number of carboxylic acid groups (broad SMARTS) is 2. The Labute approximate surface area is 210 Å². The molecule has 0 aromatic heterocycles. The standard InChI is InChI=1S/C26H44O6S2/c1-25(2,23(27)28)17-7-5-9-19-11-13-21(33(19)31)15-16-22-14-12-20(34(22)32)10-6-8-18-26(3,4)24(29)30/h13,19-20,22H,5-12,14-18H2,1-4H3,(H,27,28)(H,29,30). The molecule has 2 heterocycles. The van der Waals surface area contributed by atoms with Crippen LogP contribution >= 0.6 is 0 Å². The summed E-state index contributed by atoms with van der Waals surface area (Å²) in [6, 6.07) is 0. The molecule has 0 radical (unpaired) electrons. The number of unbranched alkanes of at least 4 members (excludes halogenated alkanes) is 2. The Bertz CT molecular complexity index is 801. The van der Waals surface area contributed by atoms with Gasteiger partial charge in [0.05, 0.1) is 21.6 Å². The molecular formula is C26H44O6S2. The first-order valence-corrected chi connectivity index (χ1v) is 15.3. The fourth-order valence-electron chi connectivity index (χ4n) is 4.87. The van der Waals surface area contributed by atoms with E-state index < -0.39 is 44.4 Å². The van der Waals surface area contributed by atoms with E-state index in [1.54, 1.807) is 27.7 Å². The van der Waals surface area contributed by atoms with Gasteiger partial charge in [-0.25, -0.2) is 0 Å². The number of hydrogen-bond donors (Lipinski definition) is 2. The van der Waals surface area contributed by atoms with E-state index in [0.29, 0.717) is 12.8 Å². The van der Waals surface area contributed by atoms with E-state index in [1.165, 1.54) is 0 Å². The lowest BCUT2D eigenvalue weighted by Crippen LogP contribution is -2.23. The zero-order chi connectivity index (χ0) is 25.5. The Morgan fingerprint density at radius 2 is 1.29 bits per heavy atom. The summed E-state index contributed by atoms with van der Waals surface area (Å²) in [6.07, 6.45) is 13.0. The van der Waals surface area contributed by atoms with Crippen molar-refractivity contribution in [2.45, 2.75) is 127 Å². The molecule has 0 amide bonds. The molecular weight excluding hydrogens is 472 g/mol. The summed E-state index contributed by atoms with van der Waals surface area (Å²) in [6.45, 7) is 7.01. The molecule has 34 heavy (non-hydrogen) atoms. The Kier molecular flexibility index (Phi) is 11.0. The first kappa shape index (κ1) is 29.2. The monoisotopic (exact) mass is 516 g/mol. The van der Waals surface area contributed by atoms with Crippen molar-refractivity contribution in [1.29, 1.82) is 0 Å². The second-order valence-electron chi connectivity index (χ2n) is 11.4. The van der Waals surface area contributed by atoms with Gasteiger partial charge in [-0.15, -0.1) is 0 Å². The molecule has 2 N–H and O–H groups in total. The van der Waals surface area contributed by atoms with Crippen molar-refractivity contribution in [2.75, 3.05) is 0 Å². The Hall–Kier alpha value is -1.02. The smallest absolute Gasteiger partial charge is 0.309 e. The van der Waals surface area contributed by atoms with Gasteiger partial charge in [0.25, 0.3) is 0 Å². The van der Waals surface area contributed by atoms with Crippen molar-refractivity contribution >= 4 is 33.5 Å². The SMILES string of the molecule is CC(C)(CCCCC1CC=C(CCC2CCC(CCCCC(C)(C)C(=O)O)S2=O)S1=O)C(=O)O. The van der Waals surface area contributed by atoms with E-state index in [9.17, 15) is 28.2 Å². The van der Waals surface area contributed by atoms with Gasteiger partial charge in [0.1, 0.15) is 0 Å². The number of carbonyl (C=O) groups is 2. The molecule has 5 atom stereocenters. The summed E-state index contributed by atoms with van der Waals surface area (Å²) >= 11 is 0. The maximum Gasteiger partial charge on any atom is 0.309 e. The first-order valence-electron chi connectivity index (χ1n) is 12.8. The van der Waals surface area contributed by atoms with Gasteiger partial charge in [0.15, 0.2) is 0 Å². The van der Waals surface area contributed by atoms with E-state index in [1.807, 2.05) is 0 Å². The number of allylic oxidation sites excluding steroid dienone is 2. The van der Waals surface area contributed by atoms with E-state index >= 15 is 0 Å². The summed E-state index contributed by atoms with van der Waals surface area (Å²) < 4.78 is 25.8. The van der Waals surface area contributed by atoms with Gasteiger partial charge < -0.3 is 10.2 Å². The molecule has 1 fully saturated rings. The van der Waals surface area contributed by atoms with Crippen molar-refractivity contribution in [1.82, 2.24) is 0 Å². The van der Waals surface area contributed by atoms with E-state index in [-0.39, 0.29) is 15.7 Å². The molecule has 1 saturated heterocycles. The van der Waals surface area contributed by atoms with Gasteiger partial charge in [-0.05, 0) is 85.5 Å². The predicted molar refractivity (Wildman–Crippen MR) is 139 cm³/mol. The van der Waals surface area contributed by atoms with Crippen LogP contribution in [0.1, 0.15) is 111 Å². The van der Waals surface area contributed by atoms with Gasteiger partial charge in [0.2, 0.25) is 0 Å². The third kappa shape index (κ3) is 8.28. The molecule has 8 heteroatoms. The lowest BCUT2D eigenvalue weighted by Gasteiger charge is -2.19. The van der Waals surface area contributed by atoms with E-state index in [4.69, 9.17) is 0 Å². The van der Waals surface area contributed by atoms with Crippen molar-refractivity contribution in [3.8, 4) is 0 Å². The molecule has 6 nitrogen and oxygen atoms in total. The molecule has 196 valence electrons. The van der Waals surface area contributed by atoms with Gasteiger partial charge in [0, 0.05) is 31.5 Å². The molecule has 0 spiro atoms. The minimum Gasteiger partial charge on any atom is -0.481 e. The number of rotatable bonds is 15. The predicted octanol–water partition coefficient (Wildman–Crippen LogP) is 5.79. The van der Waals surface area contributed by atoms with Crippen LogP contribution in [-0.2, 0) is 31.2 Å². The maximum absolute atomic E-state index is 12.9. The molecule has 2 aliphatic heterocycles. The third-order valence-corrected chi connectivity index (χ3v) is 11.8. The molecule has 0 aromatic rings. The van der Waals surface area contributed by atoms with Crippen molar-refractivity contribution < 1.29 is 28.2 Å². The molecule has 0 saturated carbocycles. The first-order chi connectivity index (χ1) is 15.8. The summed E-state index contributed by atoms with van der Waals surface area (Å²) in [7, 11) is -1.83. The van der Waals surface area contributed by atoms with Gasteiger partial charge in [-0.3, -0.25) is 18.0 Å². The normalized spacial score (nSPS) is 27.6. The summed E-state index contributed by atoms with van der Waals surface area (Å²) in [5.74, 6) is -1.53. The zero-order valence-corrected chi connectivity index (χ0v) is 23.0. The lowest BCUT2D eigenvalue weighted by molar-refractivity contribution is -0.148. The van der Waals surface area contributed by atoms with E-state index in [0.717, 1.165) is 75.5 Å². The largest absolute Gasteiger partial charge is 0.481 e. The van der Waals surface area contributed by atoms with Gasteiger partial charge >= 0.3 is 11.9 Å². The van der Waals surface area contributed by atoms with Gasteiger partial charge in [-0.1, -0.05) is 31.8 Å². The highest BCUT2D eigenvalue weighted by atomic mass is 32.2. The van der Waals surface area contributed by atoms with Crippen LogP contribution in [0.15, 0.2) is 11.0 Å². The average Bonchev–Trinajstić information content (AvgIpc) is 3.29. The molecule has 2 rings (SSSR count). The molecule has 5 unspecified atom stereocenters. The van der Waals surface area contributed by atoms with Crippen LogP contribution in [0.5, 0.6) is 0 Å². The fraction of sp³-hybridized carbons (Fsp3) is 0.846. The minimum atomic E-state index is -0.973. The second kappa shape index (κ2) is 12.8. The molecule has 0 bridgehead atoms. The van der Waals surface area contributed by atoms with Crippen LogP contribution in [0, 0.1) is 10.8 Å². The van der Waals surface area contributed by atoms with Crippen LogP contribution in [0.4, 0.5) is 0 Å². The zero-order valence-electron chi connectivity index (χ0n) is 21.3. The second-order valence-corrected chi connectivity index (χ2v) is 15.2. The Balaban J connectivity index is 1.66. The minimum absolute atomic E-state index is 0.139. The third-order valence-electron chi connectivity index (χ3n) is 7.66. The highest BCUT2D eigenvalue weighted by Gasteiger charge is 2.34. The van der Waals surface area contributed by atoms with Crippen LogP contribution in [0.25, 0.3) is 0 Å². The van der Waals surface area contributed by atoms with Crippen molar-refractivity contribution in [3.63, 3.8) is 0 Å². The lowest BCUT2D eigenvalue weighted by atomic mass is 9.87. The quantitative estimate of drug-likeness (QED) is 0.267. The molecule has 0 aliphatic carbocycles. The summed E-state index contributed by atoms with van der Waals surface area (Å²) in [4.78, 5) is 23.4. The van der Waals surface area contributed by atoms with Crippen molar-refractivity contribution in [2.24, 2.45) is 10.8 Å². The van der Waals surface area contributed by atoms with Crippen molar-refractivity contribution in [3.05, 3.63) is 11.0 Å². The highest BCUT2D eigenvalue weighted by Crippen LogP contribution is 2.35. The molecule has 0 aromatic carbocycles. The molecule has 2 aliphatic rings. The highest BCUT2D eigenvalue weighted by molar-refractivity contribution is 7.89. The number of carboxylic acids is 2. The Morgan fingerprint density at radius 1 is 0.824 bits per heavy atom. The fourth-order valence-corrected chi connectivity index (χ4v) is 8.56. The Morgan fingerprint density at radius 3 is 1.79 bits per heavy atom. The average molecular weight is 517 g/mol. The van der Waals surface area contributed by atoms with Crippen LogP contribution in [0.3, 0.4) is 0 Å². The van der Waals surface area contributed by atoms with E-state index in [2.05, 4.69) is 6.08 Å². The summed E-state index contributed by atoms with van der Waals surface area (Å²) in [5.41, 5.74) is -1.41. The topological polar surface area (TPSA) is 109 Å². The number of hydrogen-bond acceptors (Lipinski definition) is 4. The van der Waals surface area contributed by atoms with Crippen LogP contribution in [-0.4, -0.2) is 46.3 Å². The number of aliphatic carboxylic acids is 2. The maximum atomic E-state index is 12.9. The van der Waals surface area contributed by atoms with Crippen LogP contribution < -0.4 is 0 Å². The van der Waals surface area contributed by atoms with Gasteiger partial charge in [-0.2, -0.15) is 0 Å². The van der Waals surface area contributed by atoms with Crippen LogP contribution in [0.2, 0.25) is 0 Å². The summed E-state index contributed by atoms with van der Waals surface area (Å²) in [5, 5.41) is 19.0.